The number of hydrogen-bond acceptors (Lipinski definition) is 2. The van der Waals surface area contributed by atoms with Gasteiger partial charge in [-0.25, -0.2) is 0 Å². The van der Waals surface area contributed by atoms with Crippen LogP contribution in [0.3, 0.4) is 0 Å². The summed E-state index contributed by atoms with van der Waals surface area (Å²) in [6.07, 6.45) is 3.52. The Kier molecular flexibility index (Phi) is 4.26. The van der Waals surface area contributed by atoms with Crippen molar-refractivity contribution in [3.05, 3.63) is 35.4 Å². The molecule has 3 heteroatoms. The smallest absolute Gasteiger partial charge is 0.254 e. The molecule has 2 fully saturated rings. The van der Waals surface area contributed by atoms with E-state index in [1.807, 2.05) is 12.1 Å². The van der Waals surface area contributed by atoms with Gasteiger partial charge in [0.25, 0.3) is 5.91 Å². The molecule has 0 radical (unpaired) electrons. The Balaban J connectivity index is 1.73. The third-order valence-electron chi connectivity index (χ3n) is 5.46. The Labute approximate surface area is 140 Å². The van der Waals surface area contributed by atoms with Crippen molar-refractivity contribution in [3.63, 3.8) is 0 Å². The Hall–Kier alpha value is -1.35. The van der Waals surface area contributed by atoms with E-state index in [9.17, 15) is 4.79 Å². The molecule has 2 atom stereocenters. The summed E-state index contributed by atoms with van der Waals surface area (Å²) in [7, 11) is 0. The SMILES string of the molecule is CCNCc1ccc(C(=O)N2CC3(C)CC2CC(C)(C)C3)cc1. The maximum absolute atomic E-state index is 13.0. The van der Waals surface area contributed by atoms with Crippen molar-refractivity contribution in [2.45, 2.75) is 59.5 Å². The molecule has 0 aromatic heterocycles. The van der Waals surface area contributed by atoms with Gasteiger partial charge in [0.15, 0.2) is 0 Å². The van der Waals surface area contributed by atoms with E-state index in [1.54, 1.807) is 0 Å². The summed E-state index contributed by atoms with van der Waals surface area (Å²) in [5.41, 5.74) is 2.71. The van der Waals surface area contributed by atoms with Crippen molar-refractivity contribution in [1.82, 2.24) is 10.2 Å². The molecule has 2 bridgehead atoms. The minimum absolute atomic E-state index is 0.214. The molecule has 23 heavy (non-hydrogen) atoms. The lowest BCUT2D eigenvalue weighted by Gasteiger charge is -2.39. The molecule has 1 aromatic carbocycles. The lowest BCUT2D eigenvalue weighted by molar-refractivity contribution is 0.0708. The number of nitrogens with zero attached hydrogens (tertiary/aromatic N) is 1. The number of carbonyl (C=O) groups is 1. The highest BCUT2D eigenvalue weighted by Crippen LogP contribution is 2.52. The molecule has 1 aromatic rings. The number of fused-ring (bicyclic) bond motifs is 2. The predicted molar refractivity (Wildman–Crippen MR) is 94.4 cm³/mol. The average molecular weight is 314 g/mol. The van der Waals surface area contributed by atoms with E-state index in [0.29, 0.717) is 16.9 Å². The molecule has 2 unspecified atom stereocenters. The van der Waals surface area contributed by atoms with Crippen LogP contribution >= 0.6 is 0 Å². The summed E-state index contributed by atoms with van der Waals surface area (Å²) in [5, 5.41) is 3.32. The van der Waals surface area contributed by atoms with Gasteiger partial charge < -0.3 is 10.2 Å². The van der Waals surface area contributed by atoms with Crippen LogP contribution in [0.15, 0.2) is 24.3 Å². The Morgan fingerprint density at radius 2 is 1.91 bits per heavy atom. The average Bonchev–Trinajstić information content (AvgIpc) is 2.74. The van der Waals surface area contributed by atoms with Gasteiger partial charge in [-0.15, -0.1) is 0 Å². The Morgan fingerprint density at radius 3 is 2.57 bits per heavy atom. The summed E-state index contributed by atoms with van der Waals surface area (Å²) in [5.74, 6) is 0.214. The topological polar surface area (TPSA) is 32.3 Å². The minimum Gasteiger partial charge on any atom is -0.335 e. The standard InChI is InChI=1S/C20H30N2O/c1-5-21-12-15-6-8-16(9-7-15)18(23)22-14-20(4)11-17(22)10-19(2,3)13-20/h6-9,17,21H,5,10-14H2,1-4H3. The number of likely N-dealkylation sites (tertiary alicyclic amines) is 1. The molecule has 3 nitrogen and oxygen atoms in total. The molecule has 1 saturated heterocycles. The molecule has 1 heterocycles. The molecule has 1 amide bonds. The molecule has 1 aliphatic heterocycles. The third kappa shape index (κ3) is 3.45. The summed E-state index contributed by atoms with van der Waals surface area (Å²) >= 11 is 0. The first-order valence-corrected chi connectivity index (χ1v) is 8.93. The van der Waals surface area contributed by atoms with Crippen LogP contribution in [0.1, 0.15) is 62.9 Å². The normalized spacial score (nSPS) is 28.9. The molecule has 1 N–H and O–H groups in total. The highest BCUT2D eigenvalue weighted by molar-refractivity contribution is 5.94. The van der Waals surface area contributed by atoms with Gasteiger partial charge >= 0.3 is 0 Å². The predicted octanol–water partition coefficient (Wildman–Crippen LogP) is 3.84. The van der Waals surface area contributed by atoms with Crippen LogP contribution < -0.4 is 5.32 Å². The van der Waals surface area contributed by atoms with E-state index in [0.717, 1.165) is 31.6 Å². The molecule has 2 aliphatic rings. The summed E-state index contributed by atoms with van der Waals surface area (Å²) in [6.45, 7) is 11.9. The number of amides is 1. The van der Waals surface area contributed by atoms with Gasteiger partial charge in [-0.1, -0.05) is 39.8 Å². The van der Waals surface area contributed by atoms with Crippen LogP contribution in [0.5, 0.6) is 0 Å². The van der Waals surface area contributed by atoms with Gasteiger partial charge in [0.05, 0.1) is 0 Å². The first kappa shape index (κ1) is 16.5. The second kappa shape index (κ2) is 5.94. The molecule has 3 rings (SSSR count). The first-order valence-electron chi connectivity index (χ1n) is 8.93. The number of rotatable bonds is 4. The Bertz CT molecular complexity index is 578. The van der Waals surface area contributed by atoms with E-state index in [4.69, 9.17) is 0 Å². The molecule has 0 spiro atoms. The summed E-state index contributed by atoms with van der Waals surface area (Å²) < 4.78 is 0. The van der Waals surface area contributed by atoms with Crippen LogP contribution in [0.25, 0.3) is 0 Å². The lowest BCUT2D eigenvalue weighted by atomic mass is 9.65. The fourth-order valence-corrected chi connectivity index (χ4v) is 4.90. The second-order valence-corrected chi connectivity index (χ2v) is 8.62. The fraction of sp³-hybridized carbons (Fsp3) is 0.650. The van der Waals surface area contributed by atoms with Gasteiger partial charge in [-0.3, -0.25) is 4.79 Å². The van der Waals surface area contributed by atoms with Gasteiger partial charge in [0, 0.05) is 24.7 Å². The van der Waals surface area contributed by atoms with Crippen molar-refractivity contribution in [2.24, 2.45) is 10.8 Å². The third-order valence-corrected chi connectivity index (χ3v) is 5.46. The zero-order valence-corrected chi connectivity index (χ0v) is 15.0. The Morgan fingerprint density at radius 1 is 1.22 bits per heavy atom. The summed E-state index contributed by atoms with van der Waals surface area (Å²) in [6, 6.07) is 8.54. The number of nitrogens with one attached hydrogen (secondary N) is 1. The van der Waals surface area contributed by atoms with Crippen molar-refractivity contribution < 1.29 is 4.79 Å². The zero-order chi connectivity index (χ0) is 16.7. The van der Waals surface area contributed by atoms with Crippen LogP contribution in [0.2, 0.25) is 0 Å². The van der Waals surface area contributed by atoms with Crippen LogP contribution in [0, 0.1) is 10.8 Å². The number of carbonyl (C=O) groups excluding carboxylic acids is 1. The first-order chi connectivity index (χ1) is 10.8. The molecule has 1 aliphatic carbocycles. The molecule has 1 saturated carbocycles. The van der Waals surface area contributed by atoms with E-state index in [1.165, 1.54) is 18.4 Å². The largest absolute Gasteiger partial charge is 0.335 e. The maximum atomic E-state index is 13.0. The fourth-order valence-electron chi connectivity index (χ4n) is 4.90. The van der Waals surface area contributed by atoms with E-state index in [2.05, 4.69) is 50.0 Å². The van der Waals surface area contributed by atoms with Crippen LogP contribution in [0.4, 0.5) is 0 Å². The molecular formula is C20H30N2O. The van der Waals surface area contributed by atoms with Gasteiger partial charge in [-0.2, -0.15) is 0 Å². The highest BCUT2D eigenvalue weighted by atomic mass is 16.2. The van der Waals surface area contributed by atoms with Crippen molar-refractivity contribution in [1.29, 1.82) is 0 Å². The number of hydrogen-bond donors (Lipinski definition) is 1. The molecular weight excluding hydrogens is 284 g/mol. The second-order valence-electron chi connectivity index (χ2n) is 8.62. The minimum atomic E-state index is 0.214. The monoisotopic (exact) mass is 314 g/mol. The quantitative estimate of drug-likeness (QED) is 0.916. The van der Waals surface area contributed by atoms with E-state index < -0.39 is 0 Å². The maximum Gasteiger partial charge on any atom is 0.254 e. The highest BCUT2D eigenvalue weighted by Gasteiger charge is 2.50. The summed E-state index contributed by atoms with van der Waals surface area (Å²) in [4.78, 5) is 15.1. The zero-order valence-electron chi connectivity index (χ0n) is 15.0. The van der Waals surface area contributed by atoms with E-state index >= 15 is 0 Å². The number of benzene rings is 1. The van der Waals surface area contributed by atoms with Crippen LogP contribution in [-0.4, -0.2) is 29.9 Å². The van der Waals surface area contributed by atoms with Gasteiger partial charge in [0.2, 0.25) is 0 Å². The van der Waals surface area contributed by atoms with Gasteiger partial charge in [0.1, 0.15) is 0 Å². The van der Waals surface area contributed by atoms with Crippen LogP contribution in [-0.2, 0) is 6.54 Å². The van der Waals surface area contributed by atoms with Crippen molar-refractivity contribution in [3.8, 4) is 0 Å². The van der Waals surface area contributed by atoms with Crippen molar-refractivity contribution in [2.75, 3.05) is 13.1 Å². The van der Waals surface area contributed by atoms with Crippen molar-refractivity contribution >= 4 is 5.91 Å². The van der Waals surface area contributed by atoms with E-state index in [-0.39, 0.29) is 5.91 Å². The molecule has 126 valence electrons. The van der Waals surface area contributed by atoms with Gasteiger partial charge in [-0.05, 0) is 54.3 Å². The lowest BCUT2D eigenvalue weighted by Crippen LogP contribution is -2.37.